The second-order valence-electron chi connectivity index (χ2n) is 3.80. The molecule has 5 heteroatoms. The number of thiazole rings is 1. The Kier molecular flexibility index (Phi) is 5.69. The third kappa shape index (κ3) is 4.06. The Morgan fingerprint density at radius 3 is 2.94 bits per heavy atom. The van der Waals surface area contributed by atoms with E-state index in [-0.39, 0.29) is 0 Å². The molecular weight excluding hydrogens is 238 g/mol. The summed E-state index contributed by atoms with van der Waals surface area (Å²) in [7, 11) is 2.01. The van der Waals surface area contributed by atoms with Gasteiger partial charge in [-0.05, 0) is 25.6 Å². The third-order valence-electron chi connectivity index (χ3n) is 2.38. The van der Waals surface area contributed by atoms with Gasteiger partial charge in [-0.2, -0.15) is 0 Å². The first-order chi connectivity index (χ1) is 7.65. The zero-order chi connectivity index (χ0) is 12.0. The molecule has 0 aliphatic heterocycles. The Labute approximate surface area is 107 Å². The standard InChI is InChI=1S/C11H19N3S2/c1-4-5-6-12-11(15)14(3)7-10-9(2)13-8-16-10/h8H,4-7H2,1-3H3,(H,12,15). The smallest absolute Gasteiger partial charge is 0.169 e. The van der Waals surface area contributed by atoms with Crippen LogP contribution in [-0.4, -0.2) is 28.6 Å². The largest absolute Gasteiger partial charge is 0.363 e. The molecule has 0 bridgehead atoms. The zero-order valence-corrected chi connectivity index (χ0v) is 11.7. The summed E-state index contributed by atoms with van der Waals surface area (Å²) in [6.45, 7) is 6.01. The molecule has 0 saturated carbocycles. The van der Waals surface area contributed by atoms with Crippen LogP contribution in [0.15, 0.2) is 5.51 Å². The van der Waals surface area contributed by atoms with E-state index in [0.717, 1.165) is 30.3 Å². The van der Waals surface area contributed by atoms with Gasteiger partial charge in [0.05, 0.1) is 17.7 Å². The fourth-order valence-corrected chi connectivity index (χ4v) is 2.27. The predicted molar refractivity (Wildman–Crippen MR) is 73.8 cm³/mol. The van der Waals surface area contributed by atoms with Crippen LogP contribution in [0, 0.1) is 6.92 Å². The minimum absolute atomic E-state index is 0.821. The van der Waals surface area contributed by atoms with E-state index >= 15 is 0 Å². The highest BCUT2D eigenvalue weighted by Crippen LogP contribution is 2.14. The van der Waals surface area contributed by atoms with E-state index in [1.807, 2.05) is 19.5 Å². The summed E-state index contributed by atoms with van der Waals surface area (Å²) in [6.07, 6.45) is 2.35. The molecule has 0 atom stereocenters. The van der Waals surface area contributed by atoms with Crippen LogP contribution in [0.1, 0.15) is 30.3 Å². The number of aryl methyl sites for hydroxylation is 1. The number of hydrogen-bond donors (Lipinski definition) is 1. The van der Waals surface area contributed by atoms with E-state index in [9.17, 15) is 0 Å². The Morgan fingerprint density at radius 2 is 2.38 bits per heavy atom. The van der Waals surface area contributed by atoms with Gasteiger partial charge in [0.15, 0.2) is 5.11 Å². The first-order valence-corrected chi connectivity index (χ1v) is 6.81. The summed E-state index contributed by atoms with van der Waals surface area (Å²) in [5, 5.41) is 4.08. The van der Waals surface area contributed by atoms with Crippen LogP contribution in [0.3, 0.4) is 0 Å². The minimum atomic E-state index is 0.821. The predicted octanol–water partition coefficient (Wildman–Crippen LogP) is 2.56. The van der Waals surface area contributed by atoms with E-state index in [4.69, 9.17) is 12.2 Å². The normalized spacial score (nSPS) is 10.2. The molecule has 0 radical (unpaired) electrons. The number of unbranched alkanes of at least 4 members (excludes halogenated alkanes) is 1. The van der Waals surface area contributed by atoms with Crippen LogP contribution < -0.4 is 5.32 Å². The van der Waals surface area contributed by atoms with Crippen LogP contribution >= 0.6 is 23.6 Å². The molecule has 0 amide bonds. The first-order valence-electron chi connectivity index (χ1n) is 5.53. The molecule has 1 N–H and O–H groups in total. The fraction of sp³-hybridized carbons (Fsp3) is 0.636. The van der Waals surface area contributed by atoms with Crippen LogP contribution in [0.2, 0.25) is 0 Å². The molecule has 0 spiro atoms. The quantitative estimate of drug-likeness (QED) is 0.648. The number of rotatable bonds is 5. The Hall–Kier alpha value is -0.680. The molecule has 3 nitrogen and oxygen atoms in total. The minimum Gasteiger partial charge on any atom is -0.363 e. The van der Waals surface area contributed by atoms with Gasteiger partial charge in [-0.1, -0.05) is 13.3 Å². The summed E-state index contributed by atoms with van der Waals surface area (Å²) >= 11 is 6.99. The number of nitrogens with zero attached hydrogens (tertiary/aromatic N) is 2. The summed E-state index contributed by atoms with van der Waals surface area (Å²) < 4.78 is 0. The highest BCUT2D eigenvalue weighted by molar-refractivity contribution is 7.80. The van der Waals surface area contributed by atoms with Crippen molar-refractivity contribution in [2.45, 2.75) is 33.2 Å². The van der Waals surface area contributed by atoms with E-state index in [1.54, 1.807) is 11.3 Å². The average molecular weight is 257 g/mol. The van der Waals surface area contributed by atoms with E-state index in [1.165, 1.54) is 11.3 Å². The van der Waals surface area contributed by atoms with Gasteiger partial charge in [-0.15, -0.1) is 11.3 Å². The molecule has 0 fully saturated rings. The molecule has 16 heavy (non-hydrogen) atoms. The maximum absolute atomic E-state index is 5.31. The fourth-order valence-electron chi connectivity index (χ4n) is 1.27. The Morgan fingerprint density at radius 1 is 1.62 bits per heavy atom. The number of hydrogen-bond acceptors (Lipinski definition) is 3. The van der Waals surface area contributed by atoms with Crippen molar-refractivity contribution >= 4 is 28.7 Å². The number of nitrogens with one attached hydrogen (secondary N) is 1. The van der Waals surface area contributed by atoms with Crippen molar-refractivity contribution in [3.05, 3.63) is 16.1 Å². The van der Waals surface area contributed by atoms with Crippen LogP contribution in [0.5, 0.6) is 0 Å². The van der Waals surface area contributed by atoms with Gasteiger partial charge in [0.1, 0.15) is 0 Å². The summed E-state index contributed by atoms with van der Waals surface area (Å²) in [4.78, 5) is 7.57. The molecule has 1 heterocycles. The molecule has 1 aromatic heterocycles. The topological polar surface area (TPSA) is 28.2 Å². The van der Waals surface area contributed by atoms with Gasteiger partial charge in [0, 0.05) is 18.5 Å². The molecule has 1 rings (SSSR count). The van der Waals surface area contributed by atoms with Gasteiger partial charge in [0.25, 0.3) is 0 Å². The van der Waals surface area contributed by atoms with Crippen LogP contribution in [0.4, 0.5) is 0 Å². The van der Waals surface area contributed by atoms with Crippen LogP contribution in [-0.2, 0) is 6.54 Å². The molecular formula is C11H19N3S2. The molecule has 90 valence electrons. The lowest BCUT2D eigenvalue weighted by atomic mass is 10.3. The van der Waals surface area contributed by atoms with Crippen molar-refractivity contribution in [1.82, 2.24) is 15.2 Å². The van der Waals surface area contributed by atoms with Crippen molar-refractivity contribution in [1.29, 1.82) is 0 Å². The molecule has 0 aromatic carbocycles. The van der Waals surface area contributed by atoms with Crippen molar-refractivity contribution in [2.75, 3.05) is 13.6 Å². The number of thiocarbonyl (C=S) groups is 1. The van der Waals surface area contributed by atoms with Crippen molar-refractivity contribution in [3.8, 4) is 0 Å². The van der Waals surface area contributed by atoms with Crippen molar-refractivity contribution in [3.63, 3.8) is 0 Å². The number of aromatic nitrogens is 1. The molecule has 0 aliphatic rings. The third-order valence-corrected chi connectivity index (χ3v) is 3.75. The second-order valence-corrected chi connectivity index (χ2v) is 5.13. The zero-order valence-electron chi connectivity index (χ0n) is 10.1. The van der Waals surface area contributed by atoms with Crippen molar-refractivity contribution in [2.24, 2.45) is 0 Å². The van der Waals surface area contributed by atoms with Gasteiger partial charge in [-0.25, -0.2) is 4.98 Å². The van der Waals surface area contributed by atoms with E-state index < -0.39 is 0 Å². The lowest BCUT2D eigenvalue weighted by Crippen LogP contribution is -2.36. The monoisotopic (exact) mass is 257 g/mol. The summed E-state index contributed by atoms with van der Waals surface area (Å²) in [5.74, 6) is 0. The summed E-state index contributed by atoms with van der Waals surface area (Å²) in [6, 6.07) is 0. The van der Waals surface area contributed by atoms with Gasteiger partial charge in [0.2, 0.25) is 0 Å². The highest BCUT2D eigenvalue weighted by atomic mass is 32.1. The van der Waals surface area contributed by atoms with Gasteiger partial charge in [-0.3, -0.25) is 0 Å². The van der Waals surface area contributed by atoms with E-state index in [0.29, 0.717) is 0 Å². The average Bonchev–Trinajstić information content (AvgIpc) is 2.64. The lowest BCUT2D eigenvalue weighted by Gasteiger charge is -2.20. The summed E-state index contributed by atoms with van der Waals surface area (Å²) in [5.41, 5.74) is 2.99. The molecule has 0 saturated heterocycles. The molecule has 1 aromatic rings. The van der Waals surface area contributed by atoms with Gasteiger partial charge >= 0.3 is 0 Å². The lowest BCUT2D eigenvalue weighted by molar-refractivity contribution is 0.490. The van der Waals surface area contributed by atoms with E-state index in [2.05, 4.69) is 22.1 Å². The highest BCUT2D eigenvalue weighted by Gasteiger charge is 2.07. The first kappa shape index (κ1) is 13.4. The maximum Gasteiger partial charge on any atom is 0.169 e. The Balaban J connectivity index is 2.37. The van der Waals surface area contributed by atoms with Gasteiger partial charge < -0.3 is 10.2 Å². The second kappa shape index (κ2) is 6.81. The van der Waals surface area contributed by atoms with Crippen molar-refractivity contribution < 1.29 is 0 Å². The SMILES string of the molecule is CCCCNC(=S)N(C)Cc1scnc1C. The molecule has 0 aliphatic carbocycles. The maximum atomic E-state index is 5.31. The Bertz CT molecular complexity index is 336. The van der Waals surface area contributed by atoms with Crippen LogP contribution in [0.25, 0.3) is 0 Å². The molecule has 0 unspecified atom stereocenters.